The molecule has 0 spiro atoms. The first-order valence-electron chi connectivity index (χ1n) is 14.1. The molecule has 4 atom stereocenters. The Morgan fingerprint density at radius 3 is 2.32 bits per heavy atom. The highest BCUT2D eigenvalue weighted by atomic mass is 19.3. The molecule has 0 aromatic carbocycles. The number of halogens is 3. The number of carbonyl (C=O) groups is 2. The minimum Gasteiger partial charge on any atom is -0.343 e. The Labute approximate surface area is 222 Å². The van der Waals surface area contributed by atoms with E-state index in [4.69, 9.17) is 4.52 Å². The fraction of sp³-hybridized carbons (Fsp3) is 0.852. The van der Waals surface area contributed by atoms with E-state index in [9.17, 15) is 14.0 Å². The van der Waals surface area contributed by atoms with Crippen molar-refractivity contribution in [1.82, 2.24) is 24.8 Å². The first kappa shape index (κ1) is 27.4. The van der Waals surface area contributed by atoms with Gasteiger partial charge in [0.15, 0.2) is 5.82 Å². The number of piperidine rings is 1. The summed E-state index contributed by atoms with van der Waals surface area (Å²) in [5.41, 5.74) is -0.426. The molecule has 0 bridgehead atoms. The molecule has 3 heterocycles. The van der Waals surface area contributed by atoms with Crippen LogP contribution in [-0.4, -0.2) is 94.1 Å². The third kappa shape index (κ3) is 5.45. The monoisotopic (exact) mass is 539 g/mol. The quantitative estimate of drug-likeness (QED) is 0.548. The third-order valence-corrected chi connectivity index (χ3v) is 9.35. The molecular weight excluding hydrogens is 499 g/mol. The molecule has 0 unspecified atom stereocenters. The van der Waals surface area contributed by atoms with Crippen LogP contribution >= 0.6 is 0 Å². The number of piperazine rings is 1. The fourth-order valence-electron chi connectivity index (χ4n) is 6.36. The maximum absolute atomic E-state index is 15.2. The summed E-state index contributed by atoms with van der Waals surface area (Å²) in [5, 5.41) is 4.08. The van der Waals surface area contributed by atoms with Crippen LogP contribution in [0.2, 0.25) is 0 Å². The number of alkyl halides is 3. The number of rotatable bonds is 6. The van der Waals surface area contributed by atoms with Crippen LogP contribution in [0, 0.1) is 11.8 Å². The van der Waals surface area contributed by atoms with E-state index in [1.807, 2.05) is 6.92 Å². The normalized spacial score (nSPS) is 31.4. The summed E-state index contributed by atoms with van der Waals surface area (Å²) in [6, 6.07) is 0.380. The summed E-state index contributed by atoms with van der Waals surface area (Å²) in [6.45, 7) is 9.54. The molecular formula is C27H40F3N5O3. The maximum Gasteiger partial charge on any atom is 0.252 e. The number of aromatic nitrogens is 2. The van der Waals surface area contributed by atoms with Crippen molar-refractivity contribution in [2.75, 3.05) is 39.3 Å². The highest BCUT2D eigenvalue weighted by molar-refractivity contribution is 5.82. The molecule has 2 amide bonds. The Balaban J connectivity index is 1.20. The maximum atomic E-state index is 15.2. The Kier molecular flexibility index (Phi) is 7.52. The lowest BCUT2D eigenvalue weighted by atomic mass is 9.73. The molecule has 38 heavy (non-hydrogen) atoms. The second kappa shape index (κ2) is 10.4. The smallest absolute Gasteiger partial charge is 0.252 e. The van der Waals surface area contributed by atoms with E-state index in [0.29, 0.717) is 76.0 Å². The van der Waals surface area contributed by atoms with Crippen molar-refractivity contribution in [2.45, 2.75) is 95.2 Å². The largest absolute Gasteiger partial charge is 0.343 e. The van der Waals surface area contributed by atoms with E-state index in [-0.39, 0.29) is 30.6 Å². The molecule has 1 aromatic heterocycles. The Hall–Kier alpha value is -2.17. The van der Waals surface area contributed by atoms with Crippen molar-refractivity contribution in [3.63, 3.8) is 0 Å². The van der Waals surface area contributed by atoms with Gasteiger partial charge in [-0.25, -0.2) is 13.2 Å². The molecule has 2 saturated carbocycles. The van der Waals surface area contributed by atoms with Crippen LogP contribution < -0.4 is 0 Å². The van der Waals surface area contributed by atoms with Gasteiger partial charge in [0, 0.05) is 75.4 Å². The summed E-state index contributed by atoms with van der Waals surface area (Å²) in [6.07, 6.45) is 0.690. The summed E-state index contributed by atoms with van der Waals surface area (Å²) in [4.78, 5) is 36.7. The molecule has 0 N–H and O–H groups in total. The zero-order valence-corrected chi connectivity index (χ0v) is 22.7. The second-order valence-corrected chi connectivity index (χ2v) is 12.3. The van der Waals surface area contributed by atoms with Crippen LogP contribution in [0.25, 0.3) is 0 Å². The SMILES string of the molecule is CC(C)N1CCN(C(=O)[C@H]2CCCC(F)(F)[C@@H]2CC(=O)N2CCC(C)(c3noc([C@@H]4C[C@@H]4F)n3)CC2)CC1. The van der Waals surface area contributed by atoms with Crippen molar-refractivity contribution in [2.24, 2.45) is 11.8 Å². The molecule has 5 rings (SSSR count). The van der Waals surface area contributed by atoms with E-state index in [0.717, 1.165) is 13.1 Å². The summed E-state index contributed by atoms with van der Waals surface area (Å²) < 4.78 is 49.0. The topological polar surface area (TPSA) is 82.8 Å². The highest BCUT2D eigenvalue weighted by Gasteiger charge is 2.52. The number of likely N-dealkylation sites (tertiary alicyclic amines) is 1. The van der Waals surface area contributed by atoms with Crippen molar-refractivity contribution < 1.29 is 27.3 Å². The van der Waals surface area contributed by atoms with E-state index in [1.54, 1.807) is 9.80 Å². The summed E-state index contributed by atoms with van der Waals surface area (Å²) in [7, 11) is 0. The predicted octanol–water partition coefficient (Wildman–Crippen LogP) is 3.77. The Morgan fingerprint density at radius 2 is 1.71 bits per heavy atom. The highest BCUT2D eigenvalue weighted by Crippen LogP contribution is 2.46. The van der Waals surface area contributed by atoms with Crippen molar-refractivity contribution in [1.29, 1.82) is 0 Å². The lowest BCUT2D eigenvalue weighted by Gasteiger charge is -2.43. The van der Waals surface area contributed by atoms with Gasteiger partial charge in [-0.3, -0.25) is 14.5 Å². The van der Waals surface area contributed by atoms with Gasteiger partial charge in [-0.05, 0) is 46.0 Å². The van der Waals surface area contributed by atoms with Gasteiger partial charge in [-0.1, -0.05) is 12.1 Å². The van der Waals surface area contributed by atoms with Gasteiger partial charge in [-0.2, -0.15) is 4.98 Å². The molecule has 4 fully saturated rings. The van der Waals surface area contributed by atoms with Crippen LogP contribution in [0.3, 0.4) is 0 Å². The summed E-state index contributed by atoms with van der Waals surface area (Å²) in [5.74, 6) is -5.18. The van der Waals surface area contributed by atoms with Crippen LogP contribution in [0.1, 0.15) is 83.3 Å². The van der Waals surface area contributed by atoms with Gasteiger partial charge in [0.05, 0.1) is 5.92 Å². The van der Waals surface area contributed by atoms with Crippen molar-refractivity contribution >= 4 is 11.8 Å². The first-order chi connectivity index (χ1) is 18.0. The first-order valence-corrected chi connectivity index (χ1v) is 14.1. The molecule has 212 valence electrons. The summed E-state index contributed by atoms with van der Waals surface area (Å²) >= 11 is 0. The molecule has 2 aliphatic heterocycles. The van der Waals surface area contributed by atoms with E-state index < -0.39 is 29.3 Å². The predicted molar refractivity (Wildman–Crippen MR) is 133 cm³/mol. The minimum absolute atomic E-state index is 0.226. The minimum atomic E-state index is -3.05. The van der Waals surface area contributed by atoms with Crippen LogP contribution in [0.15, 0.2) is 4.52 Å². The third-order valence-electron chi connectivity index (χ3n) is 9.35. The lowest BCUT2D eigenvalue weighted by molar-refractivity contribution is -0.161. The number of amides is 2. The van der Waals surface area contributed by atoms with Crippen molar-refractivity contribution in [3.8, 4) is 0 Å². The van der Waals surface area contributed by atoms with Gasteiger partial charge in [0.1, 0.15) is 6.17 Å². The van der Waals surface area contributed by atoms with E-state index in [1.165, 1.54) is 0 Å². The fourth-order valence-corrected chi connectivity index (χ4v) is 6.36. The molecule has 1 aromatic rings. The molecule has 2 aliphatic carbocycles. The second-order valence-electron chi connectivity index (χ2n) is 12.3. The Morgan fingerprint density at radius 1 is 1.05 bits per heavy atom. The number of hydrogen-bond donors (Lipinski definition) is 0. The van der Waals surface area contributed by atoms with Gasteiger partial charge >= 0.3 is 0 Å². The zero-order valence-electron chi connectivity index (χ0n) is 22.7. The molecule has 4 aliphatic rings. The van der Waals surface area contributed by atoms with Gasteiger partial charge in [0.2, 0.25) is 17.7 Å². The average molecular weight is 540 g/mol. The van der Waals surface area contributed by atoms with E-state index in [2.05, 4.69) is 28.9 Å². The lowest BCUT2D eigenvalue weighted by Crippen LogP contribution is -2.55. The van der Waals surface area contributed by atoms with Crippen LogP contribution in [0.5, 0.6) is 0 Å². The van der Waals surface area contributed by atoms with Crippen LogP contribution in [0.4, 0.5) is 13.2 Å². The zero-order chi connectivity index (χ0) is 27.2. The van der Waals surface area contributed by atoms with Crippen molar-refractivity contribution in [3.05, 3.63) is 11.7 Å². The van der Waals surface area contributed by atoms with Crippen LogP contribution in [-0.2, 0) is 15.0 Å². The van der Waals surface area contributed by atoms with Gasteiger partial charge in [0.25, 0.3) is 5.92 Å². The molecule has 8 nitrogen and oxygen atoms in total. The van der Waals surface area contributed by atoms with Gasteiger partial charge in [-0.15, -0.1) is 0 Å². The van der Waals surface area contributed by atoms with Gasteiger partial charge < -0.3 is 14.3 Å². The molecule has 0 radical (unpaired) electrons. The molecule has 11 heteroatoms. The number of nitrogens with zero attached hydrogens (tertiary/aromatic N) is 5. The van der Waals surface area contributed by atoms with E-state index >= 15 is 8.78 Å². The number of carbonyl (C=O) groups excluding carboxylic acids is 2. The average Bonchev–Trinajstić information content (AvgIpc) is 3.40. The number of hydrogen-bond acceptors (Lipinski definition) is 6. The standard InChI is InChI=1S/C27H40F3N5O3/c1-17(2)33-11-13-35(14-12-33)24(37)18-5-4-6-27(29,30)20(18)16-22(36)34-9-7-26(3,8-10-34)25-31-23(38-32-25)19-15-21(19)28/h17-21H,4-16H2,1-3H3/t18-,19+,20+,21-/m0/s1. The molecule has 2 saturated heterocycles. The Bertz CT molecular complexity index is 1020.